The summed E-state index contributed by atoms with van der Waals surface area (Å²) in [6.45, 7) is 4.20. The second-order valence-electron chi connectivity index (χ2n) is 4.76. The monoisotopic (exact) mass is 247 g/mol. The van der Waals surface area contributed by atoms with Crippen molar-refractivity contribution in [2.75, 3.05) is 20.2 Å². The van der Waals surface area contributed by atoms with Gasteiger partial charge in [-0.3, -0.25) is 9.69 Å². The lowest BCUT2D eigenvalue weighted by atomic mass is 10.0. The van der Waals surface area contributed by atoms with Crippen LogP contribution in [0.5, 0.6) is 5.75 Å². The van der Waals surface area contributed by atoms with Gasteiger partial charge in [0.05, 0.1) is 13.2 Å². The van der Waals surface area contributed by atoms with Crippen molar-refractivity contribution < 1.29 is 9.53 Å². The Kier molecular flexibility index (Phi) is 4.37. The summed E-state index contributed by atoms with van der Waals surface area (Å²) in [6.07, 6.45) is 3.31. The number of ether oxygens (including phenoxy) is 1. The molecule has 0 unspecified atom stereocenters. The van der Waals surface area contributed by atoms with Crippen LogP contribution in [0.15, 0.2) is 24.3 Å². The van der Waals surface area contributed by atoms with Crippen LogP contribution in [-0.4, -0.2) is 36.9 Å². The summed E-state index contributed by atoms with van der Waals surface area (Å²) in [5.41, 5.74) is 0.787. The van der Waals surface area contributed by atoms with Gasteiger partial charge in [-0.2, -0.15) is 0 Å². The van der Waals surface area contributed by atoms with Gasteiger partial charge in [-0.25, -0.2) is 0 Å². The fourth-order valence-corrected chi connectivity index (χ4v) is 2.61. The highest BCUT2D eigenvalue weighted by atomic mass is 16.5. The Morgan fingerprint density at radius 1 is 1.28 bits per heavy atom. The van der Waals surface area contributed by atoms with E-state index in [1.54, 1.807) is 7.11 Å². The Labute approximate surface area is 109 Å². The fraction of sp³-hybridized carbons (Fsp3) is 0.533. The van der Waals surface area contributed by atoms with E-state index in [0.717, 1.165) is 30.8 Å². The lowest BCUT2D eigenvalue weighted by Crippen LogP contribution is -2.38. The molecule has 1 heterocycles. The summed E-state index contributed by atoms with van der Waals surface area (Å²) in [5.74, 6) is 1.03. The maximum absolute atomic E-state index is 12.5. The van der Waals surface area contributed by atoms with Crippen LogP contribution in [0.3, 0.4) is 0 Å². The SMILES string of the molecule is CC[C@@H](C(=O)c1ccc(OC)cc1)N1CCCC1. The van der Waals surface area contributed by atoms with E-state index in [0.29, 0.717) is 0 Å². The van der Waals surface area contributed by atoms with Crippen LogP contribution < -0.4 is 4.74 Å². The predicted octanol–water partition coefficient (Wildman–Crippen LogP) is 2.75. The number of nitrogens with zero attached hydrogens (tertiary/aromatic N) is 1. The zero-order valence-electron chi connectivity index (χ0n) is 11.2. The van der Waals surface area contributed by atoms with Crippen molar-refractivity contribution in [1.82, 2.24) is 4.90 Å². The van der Waals surface area contributed by atoms with E-state index in [4.69, 9.17) is 4.74 Å². The first kappa shape index (κ1) is 13.1. The summed E-state index contributed by atoms with van der Waals surface area (Å²) < 4.78 is 5.11. The topological polar surface area (TPSA) is 29.5 Å². The van der Waals surface area contributed by atoms with Gasteiger partial charge in [0.1, 0.15) is 5.75 Å². The molecule has 1 saturated heterocycles. The standard InChI is InChI=1S/C15H21NO2/c1-3-14(16-10-4-5-11-16)15(17)12-6-8-13(18-2)9-7-12/h6-9,14H,3-5,10-11H2,1-2H3/t14-/m0/s1. The van der Waals surface area contributed by atoms with Crippen molar-refractivity contribution in [2.45, 2.75) is 32.2 Å². The Morgan fingerprint density at radius 3 is 2.39 bits per heavy atom. The molecule has 1 aromatic rings. The van der Waals surface area contributed by atoms with Gasteiger partial charge < -0.3 is 4.74 Å². The lowest BCUT2D eigenvalue weighted by molar-refractivity contribution is 0.0844. The highest BCUT2D eigenvalue weighted by Crippen LogP contribution is 2.19. The van der Waals surface area contributed by atoms with Crippen LogP contribution in [0.25, 0.3) is 0 Å². The number of likely N-dealkylation sites (tertiary alicyclic amines) is 1. The molecule has 1 atom stereocenters. The average Bonchev–Trinajstić information content (AvgIpc) is 2.93. The van der Waals surface area contributed by atoms with Crippen LogP contribution in [-0.2, 0) is 0 Å². The van der Waals surface area contributed by atoms with Crippen molar-refractivity contribution in [3.63, 3.8) is 0 Å². The van der Waals surface area contributed by atoms with Crippen molar-refractivity contribution in [1.29, 1.82) is 0 Å². The fourth-order valence-electron chi connectivity index (χ4n) is 2.61. The molecule has 0 bridgehead atoms. The first-order chi connectivity index (χ1) is 8.76. The summed E-state index contributed by atoms with van der Waals surface area (Å²) in [4.78, 5) is 14.8. The van der Waals surface area contributed by atoms with Crippen LogP contribution >= 0.6 is 0 Å². The minimum atomic E-state index is 0.0425. The van der Waals surface area contributed by atoms with Crippen molar-refractivity contribution in [3.05, 3.63) is 29.8 Å². The van der Waals surface area contributed by atoms with E-state index < -0.39 is 0 Å². The smallest absolute Gasteiger partial charge is 0.179 e. The highest BCUT2D eigenvalue weighted by Gasteiger charge is 2.27. The van der Waals surface area contributed by atoms with Crippen LogP contribution in [0.4, 0.5) is 0 Å². The Bertz CT molecular complexity index is 393. The molecule has 3 nitrogen and oxygen atoms in total. The van der Waals surface area contributed by atoms with E-state index in [9.17, 15) is 4.79 Å². The van der Waals surface area contributed by atoms with Gasteiger partial charge in [0.15, 0.2) is 5.78 Å². The molecule has 18 heavy (non-hydrogen) atoms. The quantitative estimate of drug-likeness (QED) is 0.749. The zero-order valence-corrected chi connectivity index (χ0v) is 11.2. The Hall–Kier alpha value is -1.35. The first-order valence-electron chi connectivity index (χ1n) is 6.68. The predicted molar refractivity (Wildman–Crippen MR) is 72.2 cm³/mol. The molecule has 2 rings (SSSR count). The third-order valence-electron chi connectivity index (χ3n) is 3.65. The molecule has 1 aliphatic heterocycles. The molecule has 0 saturated carbocycles. The molecule has 0 aromatic heterocycles. The number of carbonyl (C=O) groups is 1. The summed E-state index contributed by atoms with van der Waals surface area (Å²) >= 11 is 0. The molecule has 0 N–H and O–H groups in total. The Balaban J connectivity index is 2.11. The van der Waals surface area contributed by atoms with Gasteiger partial charge in [0.2, 0.25) is 0 Å². The number of benzene rings is 1. The van der Waals surface area contributed by atoms with Gasteiger partial charge in [0.25, 0.3) is 0 Å². The second kappa shape index (κ2) is 6.01. The second-order valence-corrected chi connectivity index (χ2v) is 4.76. The van der Waals surface area contributed by atoms with Crippen molar-refractivity contribution in [3.8, 4) is 5.75 Å². The summed E-state index contributed by atoms with van der Waals surface area (Å²) in [5, 5.41) is 0. The van der Waals surface area contributed by atoms with E-state index in [2.05, 4.69) is 11.8 Å². The normalized spacial score (nSPS) is 17.7. The van der Waals surface area contributed by atoms with Gasteiger partial charge in [0, 0.05) is 5.56 Å². The van der Waals surface area contributed by atoms with E-state index in [-0.39, 0.29) is 11.8 Å². The zero-order chi connectivity index (χ0) is 13.0. The molecule has 98 valence electrons. The minimum Gasteiger partial charge on any atom is -0.497 e. The van der Waals surface area contributed by atoms with E-state index in [1.807, 2.05) is 24.3 Å². The number of Topliss-reactive ketones (excluding diaryl/α,β-unsaturated/α-hetero) is 1. The molecular formula is C15H21NO2. The molecule has 0 aliphatic carbocycles. The summed E-state index contributed by atoms with van der Waals surface area (Å²) in [6, 6.07) is 7.47. The van der Waals surface area contributed by atoms with Gasteiger partial charge >= 0.3 is 0 Å². The molecular weight excluding hydrogens is 226 g/mol. The number of hydrogen-bond donors (Lipinski definition) is 0. The number of hydrogen-bond acceptors (Lipinski definition) is 3. The maximum Gasteiger partial charge on any atom is 0.179 e. The Morgan fingerprint density at radius 2 is 1.89 bits per heavy atom. The number of ketones is 1. The molecule has 1 aliphatic rings. The van der Waals surface area contributed by atoms with Gasteiger partial charge in [-0.05, 0) is 56.6 Å². The minimum absolute atomic E-state index is 0.0425. The van der Waals surface area contributed by atoms with Crippen LogP contribution in [0.1, 0.15) is 36.5 Å². The first-order valence-corrected chi connectivity index (χ1v) is 6.68. The third kappa shape index (κ3) is 2.72. The number of carbonyl (C=O) groups excluding carboxylic acids is 1. The van der Waals surface area contributed by atoms with Gasteiger partial charge in [-0.15, -0.1) is 0 Å². The lowest BCUT2D eigenvalue weighted by Gasteiger charge is -2.25. The van der Waals surface area contributed by atoms with Crippen LogP contribution in [0, 0.1) is 0 Å². The molecule has 0 radical (unpaired) electrons. The average molecular weight is 247 g/mol. The molecule has 1 fully saturated rings. The maximum atomic E-state index is 12.5. The molecule has 1 aromatic carbocycles. The molecule has 0 amide bonds. The van der Waals surface area contributed by atoms with E-state index in [1.165, 1.54) is 12.8 Å². The van der Waals surface area contributed by atoms with Crippen molar-refractivity contribution in [2.24, 2.45) is 0 Å². The largest absolute Gasteiger partial charge is 0.497 e. The molecule has 0 spiro atoms. The number of methoxy groups -OCH3 is 1. The summed E-state index contributed by atoms with van der Waals surface area (Å²) in [7, 11) is 1.63. The third-order valence-corrected chi connectivity index (χ3v) is 3.65. The van der Waals surface area contributed by atoms with E-state index >= 15 is 0 Å². The highest BCUT2D eigenvalue weighted by molar-refractivity contribution is 6.00. The molecule has 3 heteroatoms. The number of rotatable bonds is 5. The van der Waals surface area contributed by atoms with Crippen molar-refractivity contribution >= 4 is 5.78 Å². The van der Waals surface area contributed by atoms with Crippen LogP contribution in [0.2, 0.25) is 0 Å². The van der Waals surface area contributed by atoms with Gasteiger partial charge in [-0.1, -0.05) is 6.92 Å².